The second kappa shape index (κ2) is 11.0. The van der Waals surface area contributed by atoms with E-state index in [1.165, 1.54) is 4.90 Å². The molecule has 1 heterocycles. The number of halogens is 1. The van der Waals surface area contributed by atoms with Gasteiger partial charge in [0.15, 0.2) is 0 Å². The Kier molecular flexibility index (Phi) is 7.86. The van der Waals surface area contributed by atoms with Gasteiger partial charge in [0, 0.05) is 30.6 Å². The summed E-state index contributed by atoms with van der Waals surface area (Å²) in [5.74, 6) is -1.06. The van der Waals surface area contributed by atoms with Crippen LogP contribution in [0.4, 0.5) is 0 Å². The summed E-state index contributed by atoms with van der Waals surface area (Å²) >= 11 is 6.13. The Morgan fingerprint density at radius 1 is 1.06 bits per heavy atom. The number of carbonyl (C=O) groups is 4. The van der Waals surface area contributed by atoms with E-state index in [9.17, 15) is 19.2 Å². The number of amides is 4. The summed E-state index contributed by atoms with van der Waals surface area (Å²) in [7, 11) is 0. The molecule has 1 aliphatic carbocycles. The van der Waals surface area contributed by atoms with Crippen LogP contribution < -0.4 is 5.32 Å². The molecule has 0 unspecified atom stereocenters. The van der Waals surface area contributed by atoms with Crippen LogP contribution in [0.15, 0.2) is 48.5 Å². The van der Waals surface area contributed by atoms with Gasteiger partial charge in [-0.25, -0.2) is 0 Å². The van der Waals surface area contributed by atoms with Crippen LogP contribution in [0.2, 0.25) is 5.02 Å². The van der Waals surface area contributed by atoms with Crippen molar-refractivity contribution in [3.05, 3.63) is 70.2 Å². The van der Waals surface area contributed by atoms with Crippen molar-refractivity contribution in [3.8, 4) is 0 Å². The molecule has 1 saturated carbocycles. The maximum absolute atomic E-state index is 13.3. The number of benzene rings is 2. The zero-order valence-corrected chi connectivity index (χ0v) is 20.6. The molecule has 0 bridgehead atoms. The van der Waals surface area contributed by atoms with Gasteiger partial charge in [-0.2, -0.15) is 0 Å². The Balaban J connectivity index is 1.41. The van der Waals surface area contributed by atoms with E-state index in [0.717, 1.165) is 31.2 Å². The number of carbonyl (C=O) groups excluding carboxylic acids is 4. The molecule has 2 aromatic carbocycles. The standard InChI is InChI=1S/C27H30ClN3O4/c1-18(25(33)29-21-10-2-3-11-21)31(17-19-8-6-9-20(28)16-19)24(32)14-7-15-30-26(34)22-12-4-5-13-23(22)27(30)35/h4-6,8-9,12-13,16,18,21H,2-3,7,10-11,14-15,17H2,1H3,(H,29,33)/t18-/m1/s1. The van der Waals surface area contributed by atoms with Crippen LogP contribution in [0.5, 0.6) is 0 Å². The summed E-state index contributed by atoms with van der Waals surface area (Å²) in [4.78, 5) is 54.2. The number of hydrogen-bond donors (Lipinski definition) is 1. The van der Waals surface area contributed by atoms with E-state index in [1.807, 2.05) is 12.1 Å². The minimum atomic E-state index is -0.665. The van der Waals surface area contributed by atoms with Crippen LogP contribution in [0.1, 0.15) is 71.7 Å². The Morgan fingerprint density at radius 2 is 1.71 bits per heavy atom. The highest BCUT2D eigenvalue weighted by molar-refractivity contribution is 6.30. The topological polar surface area (TPSA) is 86.8 Å². The second-order valence-corrected chi connectivity index (χ2v) is 9.67. The maximum Gasteiger partial charge on any atom is 0.261 e. The summed E-state index contributed by atoms with van der Waals surface area (Å²) in [6, 6.07) is 13.4. The van der Waals surface area contributed by atoms with E-state index >= 15 is 0 Å². The first kappa shape index (κ1) is 24.9. The number of nitrogens with zero attached hydrogens (tertiary/aromatic N) is 2. The molecule has 2 aliphatic rings. The van der Waals surface area contributed by atoms with Gasteiger partial charge in [0.2, 0.25) is 11.8 Å². The third-order valence-corrected chi connectivity index (χ3v) is 7.00. The minimum absolute atomic E-state index is 0.106. The highest BCUT2D eigenvalue weighted by atomic mass is 35.5. The van der Waals surface area contributed by atoms with Gasteiger partial charge in [0.05, 0.1) is 11.1 Å². The van der Waals surface area contributed by atoms with Crippen molar-refractivity contribution in [1.29, 1.82) is 0 Å². The number of fused-ring (bicyclic) bond motifs is 1. The molecule has 184 valence electrons. The molecule has 7 nitrogen and oxygen atoms in total. The summed E-state index contributed by atoms with van der Waals surface area (Å²) in [6.07, 6.45) is 4.54. The Bertz CT molecular complexity index is 1090. The number of rotatable bonds is 9. The fourth-order valence-corrected chi connectivity index (χ4v) is 4.99. The van der Waals surface area contributed by atoms with Crippen LogP contribution in [0.3, 0.4) is 0 Å². The molecule has 2 aromatic rings. The van der Waals surface area contributed by atoms with Crippen LogP contribution in [0, 0.1) is 0 Å². The smallest absolute Gasteiger partial charge is 0.261 e. The lowest BCUT2D eigenvalue weighted by Gasteiger charge is -2.30. The lowest BCUT2D eigenvalue weighted by molar-refractivity contribution is -0.141. The molecule has 1 atom stereocenters. The van der Waals surface area contributed by atoms with E-state index in [2.05, 4.69) is 5.32 Å². The maximum atomic E-state index is 13.3. The zero-order valence-electron chi connectivity index (χ0n) is 19.8. The van der Waals surface area contributed by atoms with Crippen molar-refractivity contribution in [2.24, 2.45) is 0 Å². The molecule has 4 amide bonds. The van der Waals surface area contributed by atoms with E-state index in [-0.39, 0.29) is 49.2 Å². The second-order valence-electron chi connectivity index (χ2n) is 9.23. The highest BCUT2D eigenvalue weighted by Gasteiger charge is 2.35. The molecule has 0 spiro atoms. The molecule has 0 radical (unpaired) electrons. The average Bonchev–Trinajstić information content (AvgIpc) is 3.44. The molecular formula is C27H30ClN3O4. The predicted molar refractivity (Wildman–Crippen MR) is 133 cm³/mol. The van der Waals surface area contributed by atoms with Gasteiger partial charge in [-0.1, -0.05) is 48.7 Å². The number of nitrogens with one attached hydrogen (secondary N) is 1. The average molecular weight is 496 g/mol. The Hall–Kier alpha value is -3.19. The first-order valence-electron chi connectivity index (χ1n) is 12.1. The fraction of sp³-hybridized carbons (Fsp3) is 0.407. The van der Waals surface area contributed by atoms with Crippen molar-refractivity contribution in [3.63, 3.8) is 0 Å². The van der Waals surface area contributed by atoms with Crippen molar-refractivity contribution in [1.82, 2.24) is 15.1 Å². The van der Waals surface area contributed by atoms with E-state index in [4.69, 9.17) is 11.6 Å². The largest absolute Gasteiger partial charge is 0.352 e. The summed E-state index contributed by atoms with van der Waals surface area (Å²) in [5.41, 5.74) is 1.61. The van der Waals surface area contributed by atoms with E-state index in [0.29, 0.717) is 22.6 Å². The highest BCUT2D eigenvalue weighted by Crippen LogP contribution is 2.23. The fourth-order valence-electron chi connectivity index (χ4n) is 4.78. The number of hydrogen-bond acceptors (Lipinski definition) is 4. The lowest BCUT2D eigenvalue weighted by Crippen LogP contribution is -2.49. The first-order chi connectivity index (χ1) is 16.8. The molecule has 0 saturated heterocycles. The molecule has 1 aliphatic heterocycles. The van der Waals surface area contributed by atoms with Crippen molar-refractivity contribution >= 4 is 35.2 Å². The van der Waals surface area contributed by atoms with Crippen LogP contribution in [-0.2, 0) is 16.1 Å². The molecule has 0 aromatic heterocycles. The zero-order chi connectivity index (χ0) is 24.9. The van der Waals surface area contributed by atoms with E-state index < -0.39 is 6.04 Å². The Morgan fingerprint density at radius 3 is 2.34 bits per heavy atom. The van der Waals surface area contributed by atoms with Crippen LogP contribution >= 0.6 is 11.6 Å². The van der Waals surface area contributed by atoms with Gasteiger partial charge in [0.25, 0.3) is 11.8 Å². The van der Waals surface area contributed by atoms with Crippen molar-refractivity contribution in [2.75, 3.05) is 6.54 Å². The van der Waals surface area contributed by atoms with Gasteiger partial charge >= 0.3 is 0 Å². The predicted octanol–water partition coefficient (Wildman–Crippen LogP) is 4.19. The normalized spacial score (nSPS) is 16.3. The molecular weight excluding hydrogens is 466 g/mol. The summed E-state index contributed by atoms with van der Waals surface area (Å²) in [6.45, 7) is 2.12. The van der Waals surface area contributed by atoms with Gasteiger partial charge in [-0.3, -0.25) is 24.1 Å². The summed E-state index contributed by atoms with van der Waals surface area (Å²) in [5, 5.41) is 3.64. The Labute approximate surface area is 210 Å². The molecule has 1 fully saturated rings. The van der Waals surface area contributed by atoms with Crippen molar-refractivity contribution in [2.45, 2.75) is 64.1 Å². The molecule has 1 N–H and O–H groups in total. The first-order valence-corrected chi connectivity index (χ1v) is 12.5. The van der Waals surface area contributed by atoms with Gasteiger partial charge in [-0.15, -0.1) is 0 Å². The van der Waals surface area contributed by atoms with Crippen molar-refractivity contribution < 1.29 is 19.2 Å². The quantitative estimate of drug-likeness (QED) is 0.528. The molecule has 4 rings (SSSR count). The van der Waals surface area contributed by atoms with Crippen LogP contribution in [0.25, 0.3) is 0 Å². The minimum Gasteiger partial charge on any atom is -0.352 e. The van der Waals surface area contributed by atoms with Gasteiger partial charge in [0.1, 0.15) is 6.04 Å². The number of imide groups is 1. The van der Waals surface area contributed by atoms with Gasteiger partial charge < -0.3 is 10.2 Å². The third-order valence-electron chi connectivity index (χ3n) is 6.76. The SMILES string of the molecule is C[C@H](C(=O)NC1CCCC1)N(Cc1cccc(Cl)c1)C(=O)CCCN1C(=O)c2ccccc2C1=O. The lowest BCUT2D eigenvalue weighted by atomic mass is 10.1. The third kappa shape index (κ3) is 5.73. The van der Waals surface area contributed by atoms with Gasteiger partial charge in [-0.05, 0) is 56.0 Å². The monoisotopic (exact) mass is 495 g/mol. The van der Waals surface area contributed by atoms with Crippen LogP contribution in [-0.4, -0.2) is 52.1 Å². The van der Waals surface area contributed by atoms with E-state index in [1.54, 1.807) is 48.2 Å². The molecule has 8 heteroatoms. The molecule has 35 heavy (non-hydrogen) atoms. The summed E-state index contributed by atoms with van der Waals surface area (Å²) < 4.78 is 0.